The quantitative estimate of drug-likeness (QED) is 0.678. The van der Waals surface area contributed by atoms with Crippen LogP contribution in [0.1, 0.15) is 30.9 Å². The van der Waals surface area contributed by atoms with E-state index in [2.05, 4.69) is 20.1 Å². The lowest BCUT2D eigenvalue weighted by Crippen LogP contribution is -2.36. The first-order valence-corrected chi connectivity index (χ1v) is 10.0. The summed E-state index contributed by atoms with van der Waals surface area (Å²) in [6.45, 7) is 0.909. The molecule has 1 N–H and O–H groups in total. The number of benzene rings is 2. The molecule has 4 rings (SSSR count). The number of fused-ring (bicyclic) bond motifs is 1. The van der Waals surface area contributed by atoms with E-state index in [1.165, 1.54) is 18.1 Å². The molecule has 0 bridgehead atoms. The highest BCUT2D eigenvalue weighted by atomic mass is 19.1. The van der Waals surface area contributed by atoms with Gasteiger partial charge in [-0.2, -0.15) is 0 Å². The predicted molar refractivity (Wildman–Crippen MR) is 112 cm³/mol. The second-order valence-corrected chi connectivity index (χ2v) is 7.16. The van der Waals surface area contributed by atoms with Crippen LogP contribution in [0.2, 0.25) is 0 Å². The van der Waals surface area contributed by atoms with Gasteiger partial charge >= 0.3 is 6.03 Å². The molecule has 0 radical (unpaired) electrons. The maximum atomic E-state index is 14.6. The van der Waals surface area contributed by atoms with E-state index in [1.54, 1.807) is 36.4 Å². The van der Waals surface area contributed by atoms with E-state index in [4.69, 9.17) is 4.74 Å². The predicted octanol–water partition coefficient (Wildman–Crippen LogP) is 4.39. The summed E-state index contributed by atoms with van der Waals surface area (Å²) < 4.78 is 22.0. The number of aromatic nitrogens is 3. The summed E-state index contributed by atoms with van der Waals surface area (Å²) in [7, 11) is 1.53. The largest absolute Gasteiger partial charge is 0.495 e. The Morgan fingerprint density at radius 3 is 2.77 bits per heavy atom. The summed E-state index contributed by atoms with van der Waals surface area (Å²) in [6, 6.07) is 12.8. The standard InChI is InChI=1S/C22H24FN5O2/c1-30-19-12-7-5-10-17(19)24-22(29)28(18-11-6-4-9-16(18)23)15-21-26-25-20-13-3-2-8-14-27(20)21/h4-7,9-12H,2-3,8,13-15H2,1H3,(H,24,29). The molecule has 0 saturated carbocycles. The fourth-order valence-electron chi connectivity index (χ4n) is 3.67. The summed E-state index contributed by atoms with van der Waals surface area (Å²) in [4.78, 5) is 14.6. The molecule has 8 heteroatoms. The second kappa shape index (κ2) is 8.94. The van der Waals surface area contributed by atoms with Gasteiger partial charge in [-0.25, -0.2) is 9.18 Å². The topological polar surface area (TPSA) is 72.3 Å². The SMILES string of the molecule is COc1ccccc1NC(=O)N(Cc1nnc2n1CCCCC2)c1ccccc1F. The van der Waals surface area contributed by atoms with E-state index >= 15 is 0 Å². The maximum absolute atomic E-state index is 14.6. The molecule has 0 unspecified atom stereocenters. The summed E-state index contributed by atoms with van der Waals surface area (Å²) >= 11 is 0. The zero-order valence-corrected chi connectivity index (χ0v) is 16.8. The first kappa shape index (κ1) is 19.9. The number of amides is 2. The van der Waals surface area contributed by atoms with Gasteiger partial charge in [0.15, 0.2) is 5.82 Å². The number of para-hydroxylation sites is 3. The summed E-state index contributed by atoms with van der Waals surface area (Å²) in [5.74, 6) is 1.60. The van der Waals surface area contributed by atoms with Crippen LogP contribution in [0.15, 0.2) is 48.5 Å². The Kier molecular flexibility index (Phi) is 5.92. The first-order chi connectivity index (χ1) is 14.7. The Balaban J connectivity index is 1.66. The number of carbonyl (C=O) groups is 1. The van der Waals surface area contributed by atoms with Crippen LogP contribution in [0.5, 0.6) is 5.75 Å². The van der Waals surface area contributed by atoms with E-state index in [9.17, 15) is 9.18 Å². The summed E-state index contributed by atoms with van der Waals surface area (Å²) in [5.41, 5.74) is 0.683. The number of urea groups is 1. The number of hydrogen-bond acceptors (Lipinski definition) is 4. The van der Waals surface area contributed by atoms with Crippen LogP contribution in [0.3, 0.4) is 0 Å². The molecule has 1 aliphatic heterocycles. The van der Waals surface area contributed by atoms with Crippen LogP contribution in [0.25, 0.3) is 0 Å². The lowest BCUT2D eigenvalue weighted by atomic mass is 10.2. The van der Waals surface area contributed by atoms with Gasteiger partial charge in [0.25, 0.3) is 0 Å². The number of carbonyl (C=O) groups excluding carboxylic acids is 1. The molecular formula is C22H24FN5O2. The van der Waals surface area contributed by atoms with Gasteiger partial charge in [-0.05, 0) is 37.1 Å². The van der Waals surface area contributed by atoms with Gasteiger partial charge in [0.05, 0.1) is 25.0 Å². The number of aryl methyl sites for hydroxylation is 1. The highest BCUT2D eigenvalue weighted by Crippen LogP contribution is 2.27. The average Bonchev–Trinajstić information content (AvgIpc) is 2.98. The lowest BCUT2D eigenvalue weighted by molar-refractivity contribution is 0.256. The van der Waals surface area contributed by atoms with E-state index in [-0.39, 0.29) is 12.2 Å². The van der Waals surface area contributed by atoms with E-state index in [0.717, 1.165) is 38.1 Å². The molecule has 3 aromatic rings. The third-order valence-electron chi connectivity index (χ3n) is 5.22. The van der Waals surface area contributed by atoms with Crippen LogP contribution in [-0.4, -0.2) is 27.9 Å². The van der Waals surface area contributed by atoms with E-state index in [0.29, 0.717) is 17.3 Å². The zero-order valence-electron chi connectivity index (χ0n) is 16.8. The molecule has 0 spiro atoms. The molecule has 0 atom stereocenters. The zero-order chi connectivity index (χ0) is 20.9. The molecule has 30 heavy (non-hydrogen) atoms. The van der Waals surface area contributed by atoms with Crippen LogP contribution >= 0.6 is 0 Å². The van der Waals surface area contributed by atoms with Gasteiger partial charge in [-0.3, -0.25) is 4.90 Å². The minimum absolute atomic E-state index is 0.106. The minimum atomic E-state index is -0.483. The molecule has 2 heterocycles. The Morgan fingerprint density at radius 1 is 1.13 bits per heavy atom. The van der Waals surface area contributed by atoms with Crippen molar-refractivity contribution in [2.24, 2.45) is 0 Å². The number of anilines is 2. The van der Waals surface area contributed by atoms with Gasteiger partial charge in [-0.15, -0.1) is 10.2 Å². The number of methoxy groups -OCH3 is 1. The van der Waals surface area contributed by atoms with Gasteiger partial charge in [-0.1, -0.05) is 30.7 Å². The minimum Gasteiger partial charge on any atom is -0.495 e. The monoisotopic (exact) mass is 409 g/mol. The van der Waals surface area contributed by atoms with Crippen molar-refractivity contribution in [2.45, 2.75) is 38.8 Å². The number of nitrogens with one attached hydrogen (secondary N) is 1. The van der Waals surface area contributed by atoms with Crippen molar-refractivity contribution in [1.29, 1.82) is 0 Å². The number of halogens is 1. The summed E-state index contributed by atoms with van der Waals surface area (Å²) in [6.07, 6.45) is 4.10. The van der Waals surface area contributed by atoms with Crippen LogP contribution in [0, 0.1) is 5.82 Å². The van der Waals surface area contributed by atoms with Gasteiger partial charge < -0.3 is 14.6 Å². The molecular weight excluding hydrogens is 385 g/mol. The van der Waals surface area contributed by atoms with Crippen molar-refractivity contribution in [3.8, 4) is 5.75 Å². The van der Waals surface area contributed by atoms with Crippen molar-refractivity contribution < 1.29 is 13.9 Å². The third kappa shape index (κ3) is 4.12. The fourth-order valence-corrected chi connectivity index (χ4v) is 3.67. The van der Waals surface area contributed by atoms with Crippen LogP contribution in [0.4, 0.5) is 20.6 Å². The molecule has 0 aliphatic carbocycles. The molecule has 2 aromatic carbocycles. The molecule has 156 valence electrons. The Hall–Kier alpha value is -3.42. The number of nitrogens with zero attached hydrogens (tertiary/aromatic N) is 4. The first-order valence-electron chi connectivity index (χ1n) is 10.0. The molecule has 0 saturated heterocycles. The highest BCUT2D eigenvalue weighted by molar-refractivity contribution is 6.02. The lowest BCUT2D eigenvalue weighted by Gasteiger charge is -2.24. The Labute approximate surface area is 174 Å². The summed E-state index contributed by atoms with van der Waals surface area (Å²) in [5, 5.41) is 11.4. The van der Waals surface area contributed by atoms with E-state index in [1.807, 2.05) is 6.07 Å². The normalized spacial score (nSPS) is 13.3. The van der Waals surface area contributed by atoms with Crippen molar-refractivity contribution in [2.75, 3.05) is 17.3 Å². The molecule has 1 aliphatic rings. The van der Waals surface area contributed by atoms with Crippen molar-refractivity contribution >= 4 is 17.4 Å². The second-order valence-electron chi connectivity index (χ2n) is 7.16. The number of rotatable bonds is 5. The van der Waals surface area contributed by atoms with Gasteiger partial charge in [0.2, 0.25) is 0 Å². The Bertz CT molecular complexity index is 1040. The highest BCUT2D eigenvalue weighted by Gasteiger charge is 2.24. The van der Waals surface area contributed by atoms with E-state index < -0.39 is 11.8 Å². The van der Waals surface area contributed by atoms with Crippen molar-refractivity contribution in [3.05, 3.63) is 66.0 Å². The van der Waals surface area contributed by atoms with Gasteiger partial charge in [0.1, 0.15) is 17.4 Å². The van der Waals surface area contributed by atoms with Crippen molar-refractivity contribution in [1.82, 2.24) is 14.8 Å². The van der Waals surface area contributed by atoms with Crippen LogP contribution < -0.4 is 15.0 Å². The Morgan fingerprint density at radius 2 is 1.93 bits per heavy atom. The van der Waals surface area contributed by atoms with Gasteiger partial charge in [0, 0.05) is 13.0 Å². The maximum Gasteiger partial charge on any atom is 0.326 e. The molecule has 2 amide bonds. The number of hydrogen-bond donors (Lipinski definition) is 1. The molecule has 1 aromatic heterocycles. The van der Waals surface area contributed by atoms with Crippen molar-refractivity contribution in [3.63, 3.8) is 0 Å². The molecule has 0 fully saturated rings. The smallest absolute Gasteiger partial charge is 0.326 e. The fraction of sp³-hybridized carbons (Fsp3) is 0.318. The molecule has 7 nitrogen and oxygen atoms in total. The third-order valence-corrected chi connectivity index (χ3v) is 5.22. The number of ether oxygens (including phenoxy) is 1. The van der Waals surface area contributed by atoms with Crippen LogP contribution in [-0.2, 0) is 19.5 Å². The average molecular weight is 409 g/mol.